The molecule has 0 heterocycles. The van der Waals surface area contributed by atoms with E-state index in [1.807, 2.05) is 0 Å². The summed E-state index contributed by atoms with van der Waals surface area (Å²) in [6.45, 7) is 0. The molecule has 0 spiro atoms. The van der Waals surface area contributed by atoms with Crippen molar-refractivity contribution in [2.45, 2.75) is 16.8 Å². The molecule has 0 aromatic rings. The first-order valence-electron chi connectivity index (χ1n) is 1.76. The predicted molar refractivity (Wildman–Crippen MR) is 27.0 cm³/mol. The molecule has 0 radical (unpaired) electrons. The zero-order chi connectivity index (χ0) is 4.78. The average Bonchev–Trinajstić information content (AvgIpc) is 1.73. The molecule has 0 aliphatic heterocycles. The first-order valence-corrected chi connectivity index (χ1v) is 2.52. The second kappa shape index (κ2) is 1.03. The molecule has 1 nitrogen and oxygen atoms in total. The van der Waals surface area contributed by atoms with Gasteiger partial charge in [0.05, 0.1) is 0 Å². The predicted octanol–water partition coefficient (Wildman–Crippen LogP) is 0.891. The van der Waals surface area contributed by atoms with Crippen molar-refractivity contribution in [3.8, 4) is 0 Å². The van der Waals surface area contributed by atoms with Crippen LogP contribution in [0.4, 0.5) is 0 Å². The molecule has 1 atom stereocenters. The highest BCUT2D eigenvalue weighted by molar-refractivity contribution is 6.51. The van der Waals surface area contributed by atoms with Crippen LogP contribution in [-0.4, -0.2) is 10.4 Å². The van der Waals surface area contributed by atoms with Gasteiger partial charge in [-0.25, -0.2) is 0 Å². The lowest BCUT2D eigenvalue weighted by Gasteiger charge is -1.85. The summed E-state index contributed by atoms with van der Waals surface area (Å²) in [6.07, 6.45) is 0.746. The van der Waals surface area contributed by atoms with Crippen molar-refractivity contribution in [2.75, 3.05) is 0 Å². The second-order valence-electron chi connectivity index (χ2n) is 1.57. The van der Waals surface area contributed by atoms with E-state index in [1.54, 1.807) is 0 Å². The average molecular weight is 126 g/mol. The minimum atomic E-state index is -0.569. The minimum Gasteiger partial charge on any atom is -0.325 e. The first-order chi connectivity index (χ1) is 2.63. The van der Waals surface area contributed by atoms with E-state index in [0.717, 1.165) is 6.42 Å². The largest absolute Gasteiger partial charge is 0.325 e. The van der Waals surface area contributed by atoms with Crippen LogP contribution in [-0.2, 0) is 0 Å². The van der Waals surface area contributed by atoms with Crippen molar-refractivity contribution in [1.29, 1.82) is 0 Å². The summed E-state index contributed by atoms with van der Waals surface area (Å²) in [6, 6.07) is 0.0285. The number of rotatable bonds is 0. The van der Waals surface area contributed by atoms with Crippen LogP contribution in [0, 0.1) is 0 Å². The standard InChI is InChI=1S/C3H5Cl2N/c4-3(5)1-2(3)6/h2H,1,6H2. The molecule has 2 N–H and O–H groups in total. The van der Waals surface area contributed by atoms with E-state index in [0.29, 0.717) is 0 Å². The molecule has 0 amide bonds. The van der Waals surface area contributed by atoms with E-state index < -0.39 is 4.33 Å². The zero-order valence-electron chi connectivity index (χ0n) is 3.12. The van der Waals surface area contributed by atoms with Crippen molar-refractivity contribution < 1.29 is 0 Å². The van der Waals surface area contributed by atoms with Crippen molar-refractivity contribution in [1.82, 2.24) is 0 Å². The highest BCUT2D eigenvalue weighted by Gasteiger charge is 2.48. The Morgan fingerprint density at radius 3 is 1.83 bits per heavy atom. The Morgan fingerprint density at radius 2 is 1.83 bits per heavy atom. The summed E-state index contributed by atoms with van der Waals surface area (Å²) >= 11 is 10.9. The molecule has 0 aromatic carbocycles. The molecular formula is C3H5Cl2N. The number of hydrogen-bond donors (Lipinski definition) is 1. The monoisotopic (exact) mass is 125 g/mol. The lowest BCUT2D eigenvalue weighted by atomic mass is 10.8. The smallest absolute Gasteiger partial charge is 0.134 e. The molecule has 1 aliphatic carbocycles. The minimum absolute atomic E-state index is 0.0285. The van der Waals surface area contributed by atoms with Crippen molar-refractivity contribution >= 4 is 23.2 Å². The Morgan fingerprint density at radius 1 is 1.67 bits per heavy atom. The summed E-state index contributed by atoms with van der Waals surface area (Å²) in [5.41, 5.74) is 5.24. The highest BCUT2D eigenvalue weighted by atomic mass is 35.5. The van der Waals surface area contributed by atoms with Gasteiger partial charge in [-0.1, -0.05) is 23.2 Å². The normalized spacial score (nSPS) is 39.5. The molecule has 36 valence electrons. The van der Waals surface area contributed by atoms with Gasteiger partial charge in [0.2, 0.25) is 0 Å². The molecule has 6 heavy (non-hydrogen) atoms. The third-order valence-corrected chi connectivity index (χ3v) is 1.74. The molecule has 0 bridgehead atoms. The number of halogens is 2. The first kappa shape index (κ1) is 4.69. The van der Waals surface area contributed by atoms with Crippen LogP contribution in [0.15, 0.2) is 0 Å². The SMILES string of the molecule is NC1CC1(Cl)Cl. The molecule has 1 fully saturated rings. The fraction of sp³-hybridized carbons (Fsp3) is 1.00. The van der Waals surface area contributed by atoms with Gasteiger partial charge >= 0.3 is 0 Å². The molecule has 1 aliphatic rings. The van der Waals surface area contributed by atoms with Crippen molar-refractivity contribution in [3.63, 3.8) is 0 Å². The van der Waals surface area contributed by atoms with Crippen LogP contribution < -0.4 is 5.73 Å². The molecule has 1 rings (SSSR count). The van der Waals surface area contributed by atoms with E-state index in [-0.39, 0.29) is 6.04 Å². The maximum absolute atomic E-state index is 5.43. The van der Waals surface area contributed by atoms with Crippen LogP contribution >= 0.6 is 23.2 Å². The van der Waals surface area contributed by atoms with Crippen molar-refractivity contribution in [2.24, 2.45) is 5.73 Å². The van der Waals surface area contributed by atoms with E-state index in [1.165, 1.54) is 0 Å². The Hall–Kier alpha value is 0.540. The summed E-state index contributed by atoms with van der Waals surface area (Å²) in [4.78, 5) is 0. The molecule has 1 unspecified atom stereocenters. The lowest BCUT2D eigenvalue weighted by Crippen LogP contribution is -2.06. The molecule has 0 aromatic heterocycles. The molecule has 1 saturated carbocycles. The van der Waals surface area contributed by atoms with E-state index in [2.05, 4.69) is 0 Å². The van der Waals surface area contributed by atoms with Gasteiger partial charge in [-0.2, -0.15) is 0 Å². The Kier molecular flexibility index (Phi) is 0.804. The zero-order valence-corrected chi connectivity index (χ0v) is 4.63. The van der Waals surface area contributed by atoms with Gasteiger partial charge in [0.1, 0.15) is 4.33 Å². The number of alkyl halides is 2. The van der Waals surface area contributed by atoms with Crippen molar-refractivity contribution in [3.05, 3.63) is 0 Å². The Labute approximate surface area is 46.4 Å². The summed E-state index contributed by atoms with van der Waals surface area (Å²) < 4.78 is -0.569. The summed E-state index contributed by atoms with van der Waals surface area (Å²) in [7, 11) is 0. The highest BCUT2D eigenvalue weighted by Crippen LogP contribution is 2.44. The third kappa shape index (κ3) is 0.625. The Balaban J connectivity index is 2.41. The van der Waals surface area contributed by atoms with Crippen LogP contribution in [0.2, 0.25) is 0 Å². The molecular weight excluding hydrogens is 121 g/mol. The molecule has 3 heteroatoms. The van der Waals surface area contributed by atoms with Crippen LogP contribution in [0.3, 0.4) is 0 Å². The van der Waals surface area contributed by atoms with E-state index in [9.17, 15) is 0 Å². The van der Waals surface area contributed by atoms with Crippen LogP contribution in [0.25, 0.3) is 0 Å². The summed E-state index contributed by atoms with van der Waals surface area (Å²) in [5, 5.41) is 0. The topological polar surface area (TPSA) is 26.0 Å². The maximum Gasteiger partial charge on any atom is 0.134 e. The van der Waals surface area contributed by atoms with Gasteiger partial charge in [-0.3, -0.25) is 0 Å². The van der Waals surface area contributed by atoms with Gasteiger partial charge < -0.3 is 5.73 Å². The Bertz CT molecular complexity index is 71.2. The van der Waals surface area contributed by atoms with Gasteiger partial charge in [0.25, 0.3) is 0 Å². The van der Waals surface area contributed by atoms with Crippen LogP contribution in [0.1, 0.15) is 6.42 Å². The fourth-order valence-corrected chi connectivity index (χ4v) is 0.567. The lowest BCUT2D eigenvalue weighted by molar-refractivity contribution is 1.05. The maximum atomic E-state index is 5.43. The fourth-order valence-electron chi connectivity index (χ4n) is 0.234. The van der Waals surface area contributed by atoms with E-state index >= 15 is 0 Å². The quantitative estimate of drug-likeness (QED) is 0.479. The van der Waals surface area contributed by atoms with Gasteiger partial charge in [-0.15, -0.1) is 0 Å². The second-order valence-corrected chi connectivity index (χ2v) is 3.11. The number of hydrogen-bond acceptors (Lipinski definition) is 1. The van der Waals surface area contributed by atoms with Crippen LogP contribution in [0.5, 0.6) is 0 Å². The third-order valence-electron chi connectivity index (χ3n) is 0.874. The van der Waals surface area contributed by atoms with E-state index in [4.69, 9.17) is 28.9 Å². The molecule has 0 saturated heterocycles. The van der Waals surface area contributed by atoms with Gasteiger partial charge in [0.15, 0.2) is 0 Å². The number of nitrogens with two attached hydrogens (primary N) is 1. The van der Waals surface area contributed by atoms with Gasteiger partial charge in [0, 0.05) is 6.04 Å². The van der Waals surface area contributed by atoms with Gasteiger partial charge in [-0.05, 0) is 6.42 Å². The summed E-state index contributed by atoms with van der Waals surface area (Å²) in [5.74, 6) is 0.